The van der Waals surface area contributed by atoms with Crippen molar-refractivity contribution in [2.75, 3.05) is 13.7 Å². The normalized spacial score (nSPS) is 17.1. The Morgan fingerprint density at radius 1 is 1.31 bits per heavy atom. The molecular weight excluding hydrogens is 333 g/mol. The standard InChI is InChI=1S/C20H20FN3O2/c1-26-19-6-5-13(7-17(19)21)9-24-10-16(14-3-2-4-15(25)8-14)20-18(11-24)22-12-23-20/h2-8,12,16,25H,9-11H2,1H3,(H,22,23). The monoisotopic (exact) mass is 353 g/mol. The van der Waals surface area contributed by atoms with Crippen LogP contribution in [-0.2, 0) is 13.1 Å². The van der Waals surface area contributed by atoms with Crippen LogP contribution >= 0.6 is 0 Å². The lowest BCUT2D eigenvalue weighted by atomic mass is 9.90. The first-order chi connectivity index (χ1) is 12.6. The molecule has 3 aromatic rings. The molecule has 4 rings (SSSR count). The van der Waals surface area contributed by atoms with Crippen LogP contribution < -0.4 is 4.74 Å². The summed E-state index contributed by atoms with van der Waals surface area (Å²) >= 11 is 0. The van der Waals surface area contributed by atoms with Crippen LogP contribution in [0.5, 0.6) is 11.5 Å². The second-order valence-electron chi connectivity index (χ2n) is 6.55. The van der Waals surface area contributed by atoms with Crippen molar-refractivity contribution in [2.45, 2.75) is 19.0 Å². The molecule has 1 aliphatic rings. The minimum atomic E-state index is -0.353. The number of H-pyrrole nitrogens is 1. The maximum atomic E-state index is 14.0. The molecular formula is C20H20FN3O2. The highest BCUT2D eigenvalue weighted by atomic mass is 19.1. The van der Waals surface area contributed by atoms with Gasteiger partial charge in [0.05, 0.1) is 24.8 Å². The number of methoxy groups -OCH3 is 1. The fourth-order valence-electron chi connectivity index (χ4n) is 3.58. The molecule has 0 spiro atoms. The maximum absolute atomic E-state index is 14.0. The maximum Gasteiger partial charge on any atom is 0.165 e. The number of aromatic amines is 1. The van der Waals surface area contributed by atoms with Crippen LogP contribution in [0.3, 0.4) is 0 Å². The largest absolute Gasteiger partial charge is 0.508 e. The first kappa shape index (κ1) is 16.6. The Kier molecular flexibility index (Phi) is 4.34. The van der Waals surface area contributed by atoms with Gasteiger partial charge in [-0.3, -0.25) is 4.90 Å². The third-order valence-corrected chi connectivity index (χ3v) is 4.80. The van der Waals surface area contributed by atoms with Crippen molar-refractivity contribution in [3.05, 3.63) is 77.1 Å². The Bertz CT molecular complexity index is 925. The highest BCUT2D eigenvalue weighted by molar-refractivity contribution is 5.37. The summed E-state index contributed by atoms with van der Waals surface area (Å²) in [5, 5.41) is 9.83. The molecule has 1 unspecified atom stereocenters. The summed E-state index contributed by atoms with van der Waals surface area (Å²) in [5.41, 5.74) is 3.97. The van der Waals surface area contributed by atoms with Gasteiger partial charge in [-0.15, -0.1) is 0 Å². The van der Waals surface area contributed by atoms with Gasteiger partial charge < -0.3 is 14.8 Å². The topological polar surface area (TPSA) is 61.4 Å². The molecule has 1 atom stereocenters. The average Bonchev–Trinajstić information content (AvgIpc) is 3.10. The number of halogens is 1. The van der Waals surface area contributed by atoms with Crippen LogP contribution in [0.1, 0.15) is 28.4 Å². The molecule has 0 radical (unpaired) electrons. The molecule has 5 nitrogen and oxygen atoms in total. The van der Waals surface area contributed by atoms with E-state index in [0.29, 0.717) is 6.54 Å². The summed E-state index contributed by atoms with van der Waals surface area (Å²) in [4.78, 5) is 9.94. The Hall–Kier alpha value is -2.86. The summed E-state index contributed by atoms with van der Waals surface area (Å²) < 4.78 is 19.0. The fourth-order valence-corrected chi connectivity index (χ4v) is 3.58. The van der Waals surface area contributed by atoms with Crippen molar-refractivity contribution in [1.82, 2.24) is 14.9 Å². The highest BCUT2D eigenvalue weighted by Crippen LogP contribution is 2.33. The van der Waals surface area contributed by atoms with E-state index in [2.05, 4.69) is 14.9 Å². The van der Waals surface area contributed by atoms with E-state index in [0.717, 1.165) is 35.6 Å². The average molecular weight is 353 g/mol. The van der Waals surface area contributed by atoms with E-state index >= 15 is 0 Å². The minimum absolute atomic E-state index is 0.0557. The van der Waals surface area contributed by atoms with Gasteiger partial charge in [0, 0.05) is 25.6 Å². The SMILES string of the molecule is COc1ccc(CN2Cc3[nH]cnc3C(c3cccc(O)c3)C2)cc1F. The Balaban J connectivity index is 1.60. The fraction of sp³-hybridized carbons (Fsp3) is 0.250. The lowest BCUT2D eigenvalue weighted by Crippen LogP contribution is -2.33. The minimum Gasteiger partial charge on any atom is -0.508 e. The number of hydrogen-bond donors (Lipinski definition) is 2. The molecule has 0 fully saturated rings. The number of hydrogen-bond acceptors (Lipinski definition) is 4. The van der Waals surface area contributed by atoms with Crippen molar-refractivity contribution >= 4 is 0 Å². The van der Waals surface area contributed by atoms with Gasteiger partial charge in [-0.1, -0.05) is 18.2 Å². The molecule has 0 saturated heterocycles. The van der Waals surface area contributed by atoms with Gasteiger partial charge in [-0.25, -0.2) is 9.37 Å². The van der Waals surface area contributed by atoms with Gasteiger partial charge in [0.25, 0.3) is 0 Å². The number of rotatable bonds is 4. The van der Waals surface area contributed by atoms with Crippen molar-refractivity contribution in [2.24, 2.45) is 0 Å². The zero-order chi connectivity index (χ0) is 18.1. The van der Waals surface area contributed by atoms with Crippen molar-refractivity contribution < 1.29 is 14.2 Å². The van der Waals surface area contributed by atoms with E-state index in [9.17, 15) is 9.50 Å². The molecule has 1 aliphatic heterocycles. The van der Waals surface area contributed by atoms with Gasteiger partial charge in [0.1, 0.15) is 5.75 Å². The quantitative estimate of drug-likeness (QED) is 0.755. The van der Waals surface area contributed by atoms with Crippen LogP contribution in [0.2, 0.25) is 0 Å². The molecule has 0 amide bonds. The second-order valence-corrected chi connectivity index (χ2v) is 6.55. The number of phenolic OH excluding ortho intramolecular Hbond substituents is 1. The highest BCUT2D eigenvalue weighted by Gasteiger charge is 2.29. The lowest BCUT2D eigenvalue weighted by molar-refractivity contribution is 0.227. The molecule has 134 valence electrons. The van der Waals surface area contributed by atoms with Crippen LogP contribution in [-0.4, -0.2) is 33.6 Å². The lowest BCUT2D eigenvalue weighted by Gasteiger charge is -2.32. The number of nitrogens with zero attached hydrogens (tertiary/aromatic N) is 2. The number of imidazole rings is 1. The number of aromatic hydroxyl groups is 1. The van der Waals surface area contributed by atoms with E-state index in [1.807, 2.05) is 18.2 Å². The third kappa shape index (κ3) is 3.15. The molecule has 2 aromatic carbocycles. The molecule has 2 heterocycles. The van der Waals surface area contributed by atoms with E-state index in [4.69, 9.17) is 4.74 Å². The van der Waals surface area contributed by atoms with Crippen LogP contribution in [0.4, 0.5) is 4.39 Å². The first-order valence-corrected chi connectivity index (χ1v) is 8.50. The van der Waals surface area contributed by atoms with E-state index in [1.165, 1.54) is 13.2 Å². The van der Waals surface area contributed by atoms with Crippen LogP contribution in [0, 0.1) is 5.82 Å². The molecule has 0 bridgehead atoms. The molecule has 26 heavy (non-hydrogen) atoms. The smallest absolute Gasteiger partial charge is 0.165 e. The summed E-state index contributed by atoms with van der Waals surface area (Å²) in [6.45, 7) is 2.09. The summed E-state index contributed by atoms with van der Waals surface area (Å²) in [5.74, 6) is 0.198. The van der Waals surface area contributed by atoms with Crippen LogP contribution in [0.15, 0.2) is 48.8 Å². The van der Waals surface area contributed by atoms with Gasteiger partial charge >= 0.3 is 0 Å². The molecule has 2 N–H and O–H groups in total. The number of aromatic nitrogens is 2. The number of phenols is 1. The Morgan fingerprint density at radius 2 is 2.19 bits per heavy atom. The summed E-state index contributed by atoms with van der Waals surface area (Å²) in [7, 11) is 1.46. The number of ether oxygens (including phenoxy) is 1. The molecule has 0 saturated carbocycles. The number of fused-ring (bicyclic) bond motifs is 1. The molecule has 1 aromatic heterocycles. The van der Waals surface area contributed by atoms with Crippen molar-refractivity contribution in [3.8, 4) is 11.5 Å². The second kappa shape index (κ2) is 6.80. The summed E-state index contributed by atoms with van der Waals surface area (Å²) in [6.07, 6.45) is 1.71. The van der Waals surface area contributed by atoms with Crippen LogP contribution in [0.25, 0.3) is 0 Å². The Morgan fingerprint density at radius 3 is 2.96 bits per heavy atom. The number of benzene rings is 2. The molecule has 0 aliphatic carbocycles. The van der Waals surface area contributed by atoms with E-state index in [1.54, 1.807) is 24.5 Å². The van der Waals surface area contributed by atoms with Gasteiger partial charge in [0.15, 0.2) is 11.6 Å². The van der Waals surface area contributed by atoms with Gasteiger partial charge in [0.2, 0.25) is 0 Å². The molecule has 6 heteroatoms. The Labute approximate surface area is 151 Å². The number of nitrogens with one attached hydrogen (secondary N) is 1. The zero-order valence-electron chi connectivity index (χ0n) is 14.4. The van der Waals surface area contributed by atoms with Crippen molar-refractivity contribution in [1.29, 1.82) is 0 Å². The van der Waals surface area contributed by atoms with E-state index in [-0.39, 0.29) is 23.2 Å². The predicted octanol–water partition coefficient (Wildman–Crippen LogP) is 3.41. The van der Waals surface area contributed by atoms with Gasteiger partial charge in [-0.2, -0.15) is 0 Å². The third-order valence-electron chi connectivity index (χ3n) is 4.80. The zero-order valence-corrected chi connectivity index (χ0v) is 14.4. The van der Waals surface area contributed by atoms with E-state index < -0.39 is 0 Å². The summed E-state index contributed by atoms with van der Waals surface area (Å²) in [6, 6.07) is 12.3. The van der Waals surface area contributed by atoms with Crippen molar-refractivity contribution in [3.63, 3.8) is 0 Å². The van der Waals surface area contributed by atoms with Gasteiger partial charge in [-0.05, 0) is 35.4 Å². The predicted molar refractivity (Wildman–Crippen MR) is 95.6 cm³/mol. The first-order valence-electron chi connectivity index (χ1n) is 8.50.